The number of piperidine rings is 1. The first kappa shape index (κ1) is 32.0. The highest BCUT2D eigenvalue weighted by Crippen LogP contribution is 2.34. The average Bonchev–Trinajstić information content (AvgIpc) is 3.07. The zero-order chi connectivity index (χ0) is 31.1. The van der Waals surface area contributed by atoms with E-state index in [4.69, 9.17) is 9.47 Å². The third-order valence-corrected chi connectivity index (χ3v) is 9.45. The zero-order valence-electron chi connectivity index (χ0n) is 26.0. The number of ether oxygens (including phenoxy) is 2. The molecule has 0 radical (unpaired) electrons. The molecule has 44 heavy (non-hydrogen) atoms. The Labute approximate surface area is 259 Å². The molecule has 0 aromatic heterocycles. The van der Waals surface area contributed by atoms with Crippen molar-refractivity contribution in [2.24, 2.45) is 11.8 Å². The van der Waals surface area contributed by atoms with Crippen molar-refractivity contribution in [2.45, 2.75) is 76.2 Å². The Kier molecular flexibility index (Phi) is 11.0. The molecule has 9 nitrogen and oxygen atoms in total. The first-order chi connectivity index (χ1) is 21.4. The first-order valence-corrected chi connectivity index (χ1v) is 16.1. The molecule has 4 atom stereocenters. The number of hydrogen-bond donors (Lipinski definition) is 4. The van der Waals surface area contributed by atoms with Crippen molar-refractivity contribution in [1.29, 1.82) is 0 Å². The highest BCUT2D eigenvalue weighted by atomic mass is 16.5. The Morgan fingerprint density at radius 2 is 1.61 bits per heavy atom. The Morgan fingerprint density at radius 1 is 0.909 bits per heavy atom. The third-order valence-electron chi connectivity index (χ3n) is 9.45. The topological polar surface area (TPSA) is 120 Å². The summed E-state index contributed by atoms with van der Waals surface area (Å²) in [5.74, 6) is 1.80. The molecule has 9 heteroatoms. The maximum Gasteiger partial charge on any atom is 0.253 e. The van der Waals surface area contributed by atoms with E-state index in [1.54, 1.807) is 14.2 Å². The van der Waals surface area contributed by atoms with E-state index in [-0.39, 0.29) is 12.0 Å². The molecule has 0 unspecified atom stereocenters. The number of nitrogens with one attached hydrogen (secondary N) is 2. The molecule has 5 rings (SSSR count). The van der Waals surface area contributed by atoms with Gasteiger partial charge in [-0.1, -0.05) is 62.4 Å². The first-order valence-electron chi connectivity index (χ1n) is 16.1. The lowest BCUT2D eigenvalue weighted by Gasteiger charge is -2.38. The molecular weight excluding hydrogens is 558 g/mol. The van der Waals surface area contributed by atoms with E-state index in [9.17, 15) is 19.8 Å². The number of aliphatic hydroxyl groups is 2. The van der Waals surface area contributed by atoms with Gasteiger partial charge in [-0.2, -0.15) is 0 Å². The fourth-order valence-corrected chi connectivity index (χ4v) is 6.96. The van der Waals surface area contributed by atoms with Crippen LogP contribution >= 0.6 is 0 Å². The van der Waals surface area contributed by atoms with Gasteiger partial charge in [0.15, 0.2) is 0 Å². The highest BCUT2D eigenvalue weighted by Gasteiger charge is 2.35. The van der Waals surface area contributed by atoms with Gasteiger partial charge < -0.3 is 35.2 Å². The molecule has 1 saturated carbocycles. The summed E-state index contributed by atoms with van der Waals surface area (Å²) in [6.07, 6.45) is 6.76. The molecule has 1 aliphatic carbocycles. The Hall–Kier alpha value is -3.40. The minimum Gasteiger partial charge on any atom is -0.497 e. The summed E-state index contributed by atoms with van der Waals surface area (Å²) in [6, 6.07) is 14.9. The summed E-state index contributed by atoms with van der Waals surface area (Å²) < 4.78 is 10.8. The summed E-state index contributed by atoms with van der Waals surface area (Å²) in [7, 11) is 3.23. The van der Waals surface area contributed by atoms with Crippen molar-refractivity contribution in [2.75, 3.05) is 44.1 Å². The molecule has 0 spiro atoms. The van der Waals surface area contributed by atoms with E-state index < -0.39 is 23.1 Å². The van der Waals surface area contributed by atoms with Gasteiger partial charge in [-0.15, -0.1) is 0 Å². The summed E-state index contributed by atoms with van der Waals surface area (Å²) in [5.41, 5.74) is 1.52. The van der Waals surface area contributed by atoms with Crippen molar-refractivity contribution in [3.8, 4) is 11.5 Å². The van der Waals surface area contributed by atoms with E-state index >= 15 is 0 Å². The smallest absolute Gasteiger partial charge is 0.253 e. The van der Waals surface area contributed by atoms with Crippen LogP contribution in [-0.2, 0) is 6.54 Å². The quantitative estimate of drug-likeness (QED) is 0.201. The number of hydrogen-bond acceptors (Lipinski definition) is 9. The second-order valence-electron chi connectivity index (χ2n) is 12.5. The summed E-state index contributed by atoms with van der Waals surface area (Å²) in [6.45, 7) is 1.96. The van der Waals surface area contributed by atoms with Crippen molar-refractivity contribution >= 4 is 11.4 Å². The van der Waals surface area contributed by atoms with E-state index in [1.165, 1.54) is 19.3 Å². The number of aliphatic hydroxyl groups excluding tert-OH is 2. The van der Waals surface area contributed by atoms with Crippen LogP contribution in [0.3, 0.4) is 0 Å². The van der Waals surface area contributed by atoms with E-state index in [1.807, 2.05) is 53.4 Å². The normalized spacial score (nSPS) is 19.8. The van der Waals surface area contributed by atoms with Gasteiger partial charge in [-0.05, 0) is 48.4 Å². The third kappa shape index (κ3) is 7.62. The number of rotatable bonds is 14. The number of nitrogens with zero attached hydrogens (tertiary/aromatic N) is 1. The van der Waals surface area contributed by atoms with Crippen LogP contribution in [0.2, 0.25) is 0 Å². The average molecular weight is 606 g/mol. The molecular formula is C35H47N3O6. The van der Waals surface area contributed by atoms with Gasteiger partial charge in [0.05, 0.1) is 32.5 Å². The maximum atomic E-state index is 13.0. The second-order valence-corrected chi connectivity index (χ2v) is 12.5. The Bertz CT molecular complexity index is 1390. The monoisotopic (exact) mass is 605 g/mol. The Balaban J connectivity index is 1.28. The van der Waals surface area contributed by atoms with Crippen LogP contribution in [-0.4, -0.2) is 56.2 Å². The number of anilines is 2. The number of benzene rings is 2. The molecule has 1 saturated heterocycles. The van der Waals surface area contributed by atoms with Crippen molar-refractivity contribution in [3.05, 3.63) is 80.1 Å². The lowest BCUT2D eigenvalue weighted by Crippen LogP contribution is -2.50. The van der Waals surface area contributed by atoms with Crippen molar-refractivity contribution in [1.82, 2.24) is 5.32 Å². The lowest BCUT2D eigenvalue weighted by molar-refractivity contribution is 0.0981. The minimum atomic E-state index is -0.782. The predicted molar refractivity (Wildman–Crippen MR) is 174 cm³/mol. The van der Waals surface area contributed by atoms with E-state index in [2.05, 4.69) is 10.6 Å². The highest BCUT2D eigenvalue weighted by molar-refractivity contribution is 5.75. The van der Waals surface area contributed by atoms with Crippen LogP contribution in [0.25, 0.3) is 0 Å². The molecule has 2 fully saturated rings. The summed E-state index contributed by atoms with van der Waals surface area (Å²) in [5, 5.41) is 29.2. The fraction of sp³-hybridized carbons (Fsp3) is 0.543. The molecule has 1 aliphatic heterocycles. The van der Waals surface area contributed by atoms with Crippen LogP contribution in [0.5, 0.6) is 11.5 Å². The van der Waals surface area contributed by atoms with Gasteiger partial charge in [0.1, 0.15) is 22.9 Å². The van der Waals surface area contributed by atoms with Gasteiger partial charge in [-0.3, -0.25) is 9.59 Å². The van der Waals surface area contributed by atoms with Crippen LogP contribution < -0.4 is 35.9 Å². The summed E-state index contributed by atoms with van der Waals surface area (Å²) >= 11 is 0. The zero-order valence-corrected chi connectivity index (χ0v) is 26.0. The van der Waals surface area contributed by atoms with Crippen molar-refractivity contribution in [3.63, 3.8) is 0 Å². The SMILES string of the molecule is COc1cc(CNC[C@@H](O)[C@H](CC2CCCCC2)Nc2c(N3CCC[C@@H]([C@H](O)c4ccccc4)C3)c(=O)c2=O)cc(OC)c1. The van der Waals surface area contributed by atoms with E-state index in [0.717, 1.165) is 43.2 Å². The fourth-order valence-electron chi connectivity index (χ4n) is 6.96. The van der Waals surface area contributed by atoms with Gasteiger partial charge in [0, 0.05) is 38.2 Å². The standard InChI is InChI=1S/C35H47N3O6/c1-43-27-16-24(17-28(19-27)44-2)20-36-21-30(39)29(18-23-10-5-3-6-11-23)37-31-32(35(42)34(31)41)38-15-9-14-26(22-38)33(40)25-12-7-4-8-13-25/h4,7-8,12-13,16-17,19,23,26,29-30,33,36-37,39-40H,3,5-6,9-11,14-15,18,20-22H2,1-2H3/t26-,29+,30-,33-/m1/s1. The molecule has 238 valence electrons. The largest absolute Gasteiger partial charge is 0.497 e. The molecule has 2 aliphatic rings. The second kappa shape index (κ2) is 15.1. The van der Waals surface area contributed by atoms with Crippen LogP contribution in [0.4, 0.5) is 11.4 Å². The summed E-state index contributed by atoms with van der Waals surface area (Å²) in [4.78, 5) is 27.9. The molecule has 0 bridgehead atoms. The minimum absolute atomic E-state index is 0.0496. The number of methoxy groups -OCH3 is 2. The van der Waals surface area contributed by atoms with E-state index in [0.29, 0.717) is 55.0 Å². The Morgan fingerprint density at radius 3 is 2.30 bits per heavy atom. The van der Waals surface area contributed by atoms with Crippen molar-refractivity contribution < 1.29 is 19.7 Å². The van der Waals surface area contributed by atoms with Gasteiger partial charge >= 0.3 is 0 Å². The molecule has 4 N–H and O–H groups in total. The van der Waals surface area contributed by atoms with Crippen LogP contribution in [0, 0.1) is 11.8 Å². The van der Waals surface area contributed by atoms with Crippen LogP contribution in [0.1, 0.15) is 68.6 Å². The molecule has 3 aromatic rings. The maximum absolute atomic E-state index is 13.0. The van der Waals surface area contributed by atoms with Gasteiger partial charge in [-0.25, -0.2) is 0 Å². The lowest BCUT2D eigenvalue weighted by atomic mass is 9.83. The molecule has 1 heterocycles. The van der Waals surface area contributed by atoms with Gasteiger partial charge in [0.25, 0.3) is 10.9 Å². The molecule has 0 amide bonds. The predicted octanol–water partition coefficient (Wildman–Crippen LogP) is 4.15. The van der Waals surface area contributed by atoms with Crippen LogP contribution in [0.15, 0.2) is 58.1 Å². The van der Waals surface area contributed by atoms with Gasteiger partial charge in [0.2, 0.25) is 0 Å². The molecule has 3 aromatic carbocycles.